The molecule has 2 rings (SSSR count). The van der Waals surface area contributed by atoms with Gasteiger partial charge in [-0.15, -0.1) is 11.3 Å². The molecule has 20 heavy (non-hydrogen) atoms. The van der Waals surface area contributed by atoms with Crippen LogP contribution in [0.25, 0.3) is 0 Å². The summed E-state index contributed by atoms with van der Waals surface area (Å²) in [6, 6.07) is 7.73. The highest BCUT2D eigenvalue weighted by Gasteiger charge is 2.13. The van der Waals surface area contributed by atoms with E-state index >= 15 is 0 Å². The summed E-state index contributed by atoms with van der Waals surface area (Å²) in [4.78, 5) is 22.7. The van der Waals surface area contributed by atoms with Crippen LogP contribution in [0.4, 0.5) is 15.5 Å². The van der Waals surface area contributed by atoms with Crippen LogP contribution in [0, 0.1) is 0 Å². The maximum atomic E-state index is 11.8. The van der Waals surface area contributed by atoms with Gasteiger partial charge in [-0.3, -0.25) is 5.32 Å². The molecule has 0 unspecified atom stereocenters. The number of thiophene rings is 1. The second-order valence-electron chi connectivity index (χ2n) is 3.78. The maximum absolute atomic E-state index is 11.8. The smallest absolute Gasteiger partial charge is 0.338 e. The Morgan fingerprint density at radius 3 is 2.45 bits per heavy atom. The minimum Gasteiger partial charge on any atom is -0.497 e. The minimum absolute atomic E-state index is 0.0693. The van der Waals surface area contributed by atoms with E-state index in [0.717, 1.165) is 11.3 Å². The Labute approximate surface area is 119 Å². The van der Waals surface area contributed by atoms with Crippen LogP contribution in [0.3, 0.4) is 0 Å². The zero-order chi connectivity index (χ0) is 14.5. The van der Waals surface area contributed by atoms with Gasteiger partial charge in [0.05, 0.1) is 12.7 Å². The van der Waals surface area contributed by atoms with Crippen molar-refractivity contribution in [3.8, 4) is 5.75 Å². The average Bonchev–Trinajstić information content (AvgIpc) is 2.87. The average molecular weight is 292 g/mol. The summed E-state index contributed by atoms with van der Waals surface area (Å²) >= 11 is 1.15. The fraction of sp³-hybridized carbons (Fsp3) is 0.0769. The highest BCUT2D eigenvalue weighted by Crippen LogP contribution is 2.23. The molecule has 1 heterocycles. The third-order valence-corrected chi connectivity index (χ3v) is 3.30. The Morgan fingerprint density at radius 2 is 1.85 bits per heavy atom. The summed E-state index contributed by atoms with van der Waals surface area (Å²) in [7, 11) is 1.55. The summed E-state index contributed by atoms with van der Waals surface area (Å²) in [5.74, 6) is -0.395. The van der Waals surface area contributed by atoms with Gasteiger partial charge in [0.25, 0.3) is 0 Å². The van der Waals surface area contributed by atoms with E-state index in [0.29, 0.717) is 16.4 Å². The fourth-order valence-electron chi connectivity index (χ4n) is 1.51. The third-order valence-electron chi connectivity index (χ3n) is 2.47. The summed E-state index contributed by atoms with van der Waals surface area (Å²) in [5, 5.41) is 15.9. The molecule has 2 amide bonds. The number of hydrogen-bond acceptors (Lipinski definition) is 4. The molecule has 104 valence electrons. The Balaban J connectivity index is 2.01. The van der Waals surface area contributed by atoms with Crippen molar-refractivity contribution in [2.45, 2.75) is 0 Å². The van der Waals surface area contributed by atoms with Gasteiger partial charge >= 0.3 is 12.0 Å². The first-order chi connectivity index (χ1) is 9.60. The number of methoxy groups -OCH3 is 1. The SMILES string of the molecule is COc1ccc(NC(=O)Nc2sccc2C(=O)O)cc1. The minimum atomic E-state index is -1.08. The number of anilines is 2. The number of nitrogens with one attached hydrogen (secondary N) is 2. The number of ether oxygens (including phenoxy) is 1. The van der Waals surface area contributed by atoms with Crippen molar-refractivity contribution in [1.29, 1.82) is 0 Å². The molecule has 1 aromatic heterocycles. The summed E-state index contributed by atoms with van der Waals surface area (Å²) in [6.07, 6.45) is 0. The van der Waals surface area contributed by atoms with Crippen LogP contribution in [0.1, 0.15) is 10.4 Å². The van der Waals surface area contributed by atoms with Crippen LogP contribution in [0.2, 0.25) is 0 Å². The lowest BCUT2D eigenvalue weighted by Gasteiger charge is -2.07. The number of amides is 2. The molecular weight excluding hydrogens is 280 g/mol. The Kier molecular flexibility index (Phi) is 4.21. The van der Waals surface area contributed by atoms with Crippen LogP contribution in [-0.2, 0) is 0 Å². The van der Waals surface area contributed by atoms with Gasteiger partial charge in [0.2, 0.25) is 0 Å². The molecule has 0 spiro atoms. The first-order valence-corrected chi connectivity index (χ1v) is 6.51. The van der Waals surface area contributed by atoms with E-state index in [-0.39, 0.29) is 5.56 Å². The molecule has 0 saturated heterocycles. The molecule has 7 heteroatoms. The molecular formula is C13H12N2O4S. The van der Waals surface area contributed by atoms with Gasteiger partial charge in [-0.25, -0.2) is 9.59 Å². The van der Waals surface area contributed by atoms with E-state index in [1.54, 1.807) is 36.8 Å². The van der Waals surface area contributed by atoms with Gasteiger partial charge in [0, 0.05) is 5.69 Å². The van der Waals surface area contributed by atoms with Crippen molar-refractivity contribution >= 4 is 34.0 Å². The molecule has 0 saturated carbocycles. The fourth-order valence-corrected chi connectivity index (χ4v) is 2.29. The number of hydrogen-bond donors (Lipinski definition) is 3. The quantitative estimate of drug-likeness (QED) is 0.808. The molecule has 2 aromatic rings. The lowest BCUT2D eigenvalue weighted by Crippen LogP contribution is -2.19. The van der Waals surface area contributed by atoms with Gasteiger partial charge in [0.15, 0.2) is 0 Å². The molecule has 0 radical (unpaired) electrons. The zero-order valence-corrected chi connectivity index (χ0v) is 11.4. The van der Waals surface area contributed by atoms with E-state index in [1.807, 2.05) is 0 Å². The number of carbonyl (C=O) groups is 2. The topological polar surface area (TPSA) is 87.7 Å². The maximum Gasteiger partial charge on any atom is 0.338 e. The number of urea groups is 1. The number of carboxylic acid groups (broad SMARTS) is 1. The number of benzene rings is 1. The van der Waals surface area contributed by atoms with Crippen LogP contribution >= 0.6 is 11.3 Å². The van der Waals surface area contributed by atoms with Gasteiger partial charge in [0.1, 0.15) is 10.8 Å². The standard InChI is InChI=1S/C13H12N2O4S/c1-19-9-4-2-8(3-5-9)14-13(18)15-11-10(12(16)17)6-7-20-11/h2-7H,1H3,(H,16,17)(H2,14,15,18). The summed E-state index contributed by atoms with van der Waals surface area (Å²) < 4.78 is 5.01. The molecule has 3 N–H and O–H groups in total. The lowest BCUT2D eigenvalue weighted by molar-refractivity contribution is 0.0698. The highest BCUT2D eigenvalue weighted by molar-refractivity contribution is 7.14. The van der Waals surface area contributed by atoms with Crippen molar-refractivity contribution in [2.24, 2.45) is 0 Å². The summed E-state index contributed by atoms with van der Waals surface area (Å²) in [6.45, 7) is 0. The number of carbonyl (C=O) groups excluding carboxylic acids is 1. The van der Waals surface area contributed by atoms with Gasteiger partial charge in [-0.2, -0.15) is 0 Å². The number of carboxylic acids is 1. The monoisotopic (exact) mass is 292 g/mol. The van der Waals surface area contributed by atoms with Crippen LogP contribution in [0.5, 0.6) is 5.75 Å². The van der Waals surface area contributed by atoms with Gasteiger partial charge in [-0.1, -0.05) is 0 Å². The normalized spacial score (nSPS) is 9.85. The van der Waals surface area contributed by atoms with Crippen molar-refractivity contribution in [2.75, 3.05) is 17.7 Å². The van der Waals surface area contributed by atoms with Crippen LogP contribution in [0.15, 0.2) is 35.7 Å². The van der Waals surface area contributed by atoms with Crippen LogP contribution < -0.4 is 15.4 Å². The van der Waals surface area contributed by atoms with Gasteiger partial charge in [-0.05, 0) is 35.7 Å². The highest BCUT2D eigenvalue weighted by atomic mass is 32.1. The molecule has 0 fully saturated rings. The van der Waals surface area contributed by atoms with E-state index in [1.165, 1.54) is 6.07 Å². The Bertz CT molecular complexity index is 622. The number of aromatic carboxylic acids is 1. The predicted octanol–water partition coefficient (Wildman–Crippen LogP) is 3.10. The molecule has 0 bridgehead atoms. The summed E-state index contributed by atoms with van der Waals surface area (Å²) in [5.41, 5.74) is 0.650. The first kappa shape index (κ1) is 13.9. The third kappa shape index (κ3) is 3.27. The Morgan fingerprint density at radius 1 is 1.15 bits per heavy atom. The van der Waals surface area contributed by atoms with E-state index in [9.17, 15) is 9.59 Å². The zero-order valence-electron chi connectivity index (χ0n) is 10.5. The van der Waals surface area contributed by atoms with Crippen molar-refractivity contribution in [3.05, 3.63) is 41.3 Å². The molecule has 0 aliphatic carbocycles. The first-order valence-electron chi connectivity index (χ1n) is 5.63. The van der Waals surface area contributed by atoms with Crippen molar-refractivity contribution < 1.29 is 19.4 Å². The largest absolute Gasteiger partial charge is 0.497 e. The number of rotatable bonds is 4. The van der Waals surface area contributed by atoms with E-state index < -0.39 is 12.0 Å². The molecule has 1 aromatic carbocycles. The predicted molar refractivity (Wildman–Crippen MR) is 76.9 cm³/mol. The van der Waals surface area contributed by atoms with Crippen molar-refractivity contribution in [3.63, 3.8) is 0 Å². The molecule has 0 atom stereocenters. The molecule has 6 nitrogen and oxygen atoms in total. The van der Waals surface area contributed by atoms with Crippen molar-refractivity contribution in [1.82, 2.24) is 0 Å². The van der Waals surface area contributed by atoms with Gasteiger partial charge < -0.3 is 15.2 Å². The lowest BCUT2D eigenvalue weighted by atomic mass is 10.3. The Hall–Kier alpha value is -2.54. The second kappa shape index (κ2) is 6.07. The molecule has 0 aliphatic heterocycles. The van der Waals surface area contributed by atoms with E-state index in [2.05, 4.69) is 10.6 Å². The van der Waals surface area contributed by atoms with E-state index in [4.69, 9.17) is 9.84 Å². The second-order valence-corrected chi connectivity index (χ2v) is 4.69. The van der Waals surface area contributed by atoms with Crippen LogP contribution in [-0.4, -0.2) is 24.2 Å². The molecule has 0 aliphatic rings.